The van der Waals surface area contributed by atoms with E-state index in [2.05, 4.69) is 19.8 Å². The van der Waals surface area contributed by atoms with Crippen LogP contribution in [0.3, 0.4) is 0 Å². The van der Waals surface area contributed by atoms with Crippen LogP contribution in [0.2, 0.25) is 0 Å². The normalized spacial score (nSPS) is 19.1. The molecular weight excluding hydrogens is 402 g/mol. The minimum absolute atomic E-state index is 0.292. The van der Waals surface area contributed by atoms with E-state index in [1.165, 1.54) is 0 Å². The summed E-state index contributed by atoms with van der Waals surface area (Å²) < 4.78 is 16.4. The third-order valence-corrected chi connectivity index (χ3v) is 5.90. The third-order valence-electron chi connectivity index (χ3n) is 5.41. The summed E-state index contributed by atoms with van der Waals surface area (Å²) in [5.74, 6) is 3.04. The van der Waals surface area contributed by atoms with Crippen molar-refractivity contribution in [3.05, 3.63) is 53.3 Å². The van der Waals surface area contributed by atoms with Crippen LogP contribution in [-0.2, 0) is 13.7 Å². The minimum Gasteiger partial charge on any atom is -0.485 e. The zero-order valence-electron chi connectivity index (χ0n) is 16.7. The fraction of sp³-hybridized carbons (Fsp3) is 0.400. The lowest BCUT2D eigenvalue weighted by Crippen LogP contribution is -2.47. The van der Waals surface area contributed by atoms with E-state index in [0.29, 0.717) is 18.0 Å². The second-order valence-electron chi connectivity index (χ2n) is 7.36. The van der Waals surface area contributed by atoms with Crippen molar-refractivity contribution < 1.29 is 9.47 Å². The summed E-state index contributed by atoms with van der Waals surface area (Å²) in [7, 11) is 1.93. The molecular formula is C20H23N7O2S. The molecule has 0 bridgehead atoms. The molecule has 2 aliphatic rings. The van der Waals surface area contributed by atoms with Gasteiger partial charge in [0.2, 0.25) is 5.95 Å². The van der Waals surface area contributed by atoms with Crippen molar-refractivity contribution in [3.63, 3.8) is 0 Å². The molecule has 1 fully saturated rings. The van der Waals surface area contributed by atoms with E-state index in [9.17, 15) is 0 Å². The zero-order valence-corrected chi connectivity index (χ0v) is 17.5. The number of ether oxygens (including phenoxy) is 2. The number of benzene rings is 1. The highest BCUT2D eigenvalue weighted by molar-refractivity contribution is 7.71. The van der Waals surface area contributed by atoms with Crippen LogP contribution >= 0.6 is 12.2 Å². The van der Waals surface area contributed by atoms with Gasteiger partial charge in [-0.2, -0.15) is 5.10 Å². The molecule has 5 rings (SSSR count). The minimum atomic E-state index is -0.292. The molecule has 30 heavy (non-hydrogen) atoms. The molecule has 156 valence electrons. The van der Waals surface area contributed by atoms with Crippen LogP contribution in [0.5, 0.6) is 11.5 Å². The van der Waals surface area contributed by atoms with Crippen molar-refractivity contribution in [1.29, 1.82) is 0 Å². The quantitative estimate of drug-likeness (QED) is 0.588. The van der Waals surface area contributed by atoms with E-state index < -0.39 is 0 Å². The maximum Gasteiger partial charge on any atom is 0.225 e. The Hall–Kier alpha value is -2.98. The summed E-state index contributed by atoms with van der Waals surface area (Å²) >= 11 is 5.64. The molecule has 1 atom stereocenters. The highest BCUT2D eigenvalue weighted by Crippen LogP contribution is 2.35. The number of piperazine rings is 1. The number of hydrogen-bond donors (Lipinski definition) is 0. The Balaban J connectivity index is 1.26. The second-order valence-corrected chi connectivity index (χ2v) is 7.72. The highest BCUT2D eigenvalue weighted by Gasteiger charge is 2.28. The number of hydrogen-bond acceptors (Lipinski definition) is 8. The van der Waals surface area contributed by atoms with Crippen LogP contribution in [0.1, 0.15) is 11.9 Å². The lowest BCUT2D eigenvalue weighted by molar-refractivity contribution is 0.0820. The molecule has 0 radical (unpaired) electrons. The number of fused-ring (bicyclic) bond motifs is 1. The Morgan fingerprint density at radius 1 is 1.03 bits per heavy atom. The second kappa shape index (κ2) is 8.04. The van der Waals surface area contributed by atoms with Gasteiger partial charge in [0.25, 0.3) is 0 Å². The Morgan fingerprint density at radius 3 is 2.53 bits per heavy atom. The van der Waals surface area contributed by atoms with Crippen molar-refractivity contribution >= 4 is 18.2 Å². The Bertz CT molecular complexity index is 1080. The summed E-state index contributed by atoms with van der Waals surface area (Å²) in [6.07, 6.45) is 3.26. The van der Waals surface area contributed by atoms with Gasteiger partial charge >= 0.3 is 0 Å². The number of rotatable bonds is 4. The summed E-state index contributed by atoms with van der Waals surface area (Å²) in [6, 6.07) is 9.51. The predicted octanol–water partition coefficient (Wildman–Crippen LogP) is 2.03. The molecule has 9 nitrogen and oxygen atoms in total. The van der Waals surface area contributed by atoms with Gasteiger partial charge < -0.3 is 18.9 Å². The lowest BCUT2D eigenvalue weighted by atomic mass is 10.2. The Morgan fingerprint density at radius 2 is 1.77 bits per heavy atom. The van der Waals surface area contributed by atoms with Crippen LogP contribution in [0, 0.1) is 4.77 Å². The van der Waals surface area contributed by atoms with Gasteiger partial charge in [-0.1, -0.05) is 12.1 Å². The molecule has 2 aromatic heterocycles. The Kier molecular flexibility index (Phi) is 5.09. The lowest BCUT2D eigenvalue weighted by Gasteiger charge is -2.34. The monoisotopic (exact) mass is 425 g/mol. The molecule has 4 heterocycles. The van der Waals surface area contributed by atoms with Crippen molar-refractivity contribution in [2.75, 3.05) is 37.7 Å². The molecule has 0 saturated carbocycles. The van der Waals surface area contributed by atoms with Gasteiger partial charge in [0.1, 0.15) is 6.61 Å². The molecule has 2 aliphatic heterocycles. The molecule has 1 unspecified atom stereocenters. The fourth-order valence-electron chi connectivity index (χ4n) is 3.76. The van der Waals surface area contributed by atoms with Crippen LogP contribution in [-0.4, -0.2) is 62.0 Å². The number of aromatic nitrogens is 5. The first-order valence-corrected chi connectivity index (χ1v) is 10.4. The van der Waals surface area contributed by atoms with Crippen LogP contribution in [0.4, 0.5) is 5.95 Å². The average Bonchev–Trinajstić information content (AvgIpc) is 3.08. The van der Waals surface area contributed by atoms with Gasteiger partial charge in [0.05, 0.1) is 6.67 Å². The molecule has 0 aliphatic carbocycles. The highest BCUT2D eigenvalue weighted by atomic mass is 32.1. The van der Waals surface area contributed by atoms with E-state index >= 15 is 0 Å². The summed E-state index contributed by atoms with van der Waals surface area (Å²) in [5.41, 5.74) is 0. The van der Waals surface area contributed by atoms with Crippen molar-refractivity contribution in [1.82, 2.24) is 29.2 Å². The summed E-state index contributed by atoms with van der Waals surface area (Å²) in [4.78, 5) is 13.2. The number of anilines is 1. The molecule has 0 N–H and O–H groups in total. The first-order chi connectivity index (χ1) is 14.7. The van der Waals surface area contributed by atoms with Gasteiger partial charge in [0.15, 0.2) is 28.2 Å². The van der Waals surface area contributed by atoms with Crippen molar-refractivity contribution in [2.45, 2.75) is 12.8 Å². The molecule has 10 heteroatoms. The number of para-hydroxylation sites is 2. The molecule has 0 spiro atoms. The maximum atomic E-state index is 6.12. The van der Waals surface area contributed by atoms with Crippen molar-refractivity contribution in [2.24, 2.45) is 7.05 Å². The first-order valence-electron chi connectivity index (χ1n) is 9.95. The van der Waals surface area contributed by atoms with Crippen molar-refractivity contribution in [3.8, 4) is 11.5 Å². The third kappa shape index (κ3) is 3.63. The van der Waals surface area contributed by atoms with E-state index in [0.717, 1.165) is 49.5 Å². The summed E-state index contributed by atoms with van der Waals surface area (Å²) in [6.45, 7) is 4.57. The van der Waals surface area contributed by atoms with E-state index in [1.54, 1.807) is 12.4 Å². The standard InChI is InChI=1S/C20H23N7O2S/c1-24-18(17-13-28-15-5-2-3-6-16(15)29-17)23-27(20(24)30)14-25-9-11-26(12-10-25)19-21-7-4-8-22-19/h2-8,17H,9-14H2,1H3. The average molecular weight is 426 g/mol. The molecule has 3 aromatic rings. The van der Waals surface area contributed by atoms with Gasteiger partial charge in [-0.05, 0) is 30.4 Å². The van der Waals surface area contributed by atoms with E-state index in [-0.39, 0.29) is 6.10 Å². The zero-order chi connectivity index (χ0) is 20.5. The topological polar surface area (TPSA) is 73.5 Å². The largest absolute Gasteiger partial charge is 0.485 e. The smallest absolute Gasteiger partial charge is 0.225 e. The number of nitrogens with zero attached hydrogens (tertiary/aromatic N) is 7. The van der Waals surface area contributed by atoms with Gasteiger partial charge in [0, 0.05) is 45.6 Å². The van der Waals surface area contributed by atoms with Gasteiger partial charge in [-0.15, -0.1) is 0 Å². The van der Waals surface area contributed by atoms with E-state index in [1.807, 2.05) is 46.6 Å². The SMILES string of the molecule is Cn1c(C2COc3ccccc3O2)nn(CN2CCN(c3ncccn3)CC2)c1=S. The summed E-state index contributed by atoms with van der Waals surface area (Å²) in [5, 5.41) is 4.77. The van der Waals surface area contributed by atoms with Crippen LogP contribution < -0.4 is 14.4 Å². The molecule has 0 amide bonds. The van der Waals surface area contributed by atoms with Gasteiger partial charge in [-0.25, -0.2) is 14.6 Å². The fourth-order valence-corrected chi connectivity index (χ4v) is 3.95. The molecule has 1 aromatic carbocycles. The predicted molar refractivity (Wildman–Crippen MR) is 113 cm³/mol. The van der Waals surface area contributed by atoms with Crippen LogP contribution in [0.25, 0.3) is 0 Å². The first kappa shape index (κ1) is 19.0. The van der Waals surface area contributed by atoms with Crippen LogP contribution in [0.15, 0.2) is 42.7 Å². The van der Waals surface area contributed by atoms with E-state index in [4.69, 9.17) is 26.8 Å². The Labute approximate surface area is 179 Å². The maximum absolute atomic E-state index is 6.12. The molecule has 1 saturated heterocycles. The van der Waals surface area contributed by atoms with Gasteiger partial charge in [-0.3, -0.25) is 4.90 Å².